The van der Waals surface area contributed by atoms with Crippen LogP contribution in [0.1, 0.15) is 12.6 Å². The Morgan fingerprint density at radius 1 is 1.12 bits per heavy atom. The highest BCUT2D eigenvalue weighted by Gasteiger charge is 2.06. The van der Waals surface area contributed by atoms with Gasteiger partial charge in [-0.2, -0.15) is 0 Å². The van der Waals surface area contributed by atoms with Crippen LogP contribution in [0.15, 0.2) is 53.3 Å². The molecule has 0 aliphatic carbocycles. The van der Waals surface area contributed by atoms with Gasteiger partial charge in [0.15, 0.2) is 6.61 Å². The van der Waals surface area contributed by atoms with E-state index in [-0.39, 0.29) is 12.5 Å². The van der Waals surface area contributed by atoms with Crippen LogP contribution in [0.3, 0.4) is 0 Å². The average molecular weight is 404 g/mol. The minimum absolute atomic E-state index is 0.0487. The van der Waals surface area contributed by atoms with Crippen LogP contribution in [-0.2, 0) is 11.3 Å². The van der Waals surface area contributed by atoms with E-state index >= 15 is 0 Å². The second-order valence-electron chi connectivity index (χ2n) is 5.31. The first-order chi connectivity index (χ1) is 12.1. The highest BCUT2D eigenvalue weighted by Crippen LogP contribution is 2.17. The van der Waals surface area contributed by atoms with E-state index in [2.05, 4.69) is 26.2 Å². The summed E-state index contributed by atoms with van der Waals surface area (Å²) in [5, 5.41) is 2.80. The summed E-state index contributed by atoms with van der Waals surface area (Å²) in [6.45, 7) is 2.84. The lowest BCUT2D eigenvalue weighted by molar-refractivity contribution is -0.123. The molecular formula is C18H18BrN3O3. The third kappa shape index (κ3) is 4.73. The molecule has 3 aromatic rings. The summed E-state index contributed by atoms with van der Waals surface area (Å²) >= 11 is 3.42. The molecule has 0 unspecified atom stereocenters. The lowest BCUT2D eigenvalue weighted by Gasteiger charge is -2.08. The predicted molar refractivity (Wildman–Crippen MR) is 97.8 cm³/mol. The number of halogens is 1. The number of pyridine rings is 1. The van der Waals surface area contributed by atoms with Gasteiger partial charge >= 0.3 is 0 Å². The number of imidazole rings is 1. The first-order valence-corrected chi connectivity index (χ1v) is 8.69. The van der Waals surface area contributed by atoms with E-state index in [9.17, 15) is 4.79 Å². The number of rotatable bonds is 7. The van der Waals surface area contributed by atoms with Gasteiger partial charge in [-0.1, -0.05) is 0 Å². The van der Waals surface area contributed by atoms with Gasteiger partial charge in [-0.3, -0.25) is 4.79 Å². The van der Waals surface area contributed by atoms with Crippen LogP contribution in [0.25, 0.3) is 5.65 Å². The van der Waals surface area contributed by atoms with Crippen molar-refractivity contribution in [3.8, 4) is 11.5 Å². The number of hydrogen-bond acceptors (Lipinski definition) is 4. The quantitative estimate of drug-likeness (QED) is 0.657. The Hall–Kier alpha value is -2.54. The molecule has 0 aliphatic rings. The van der Waals surface area contributed by atoms with Gasteiger partial charge in [0.1, 0.15) is 17.1 Å². The molecule has 0 bridgehead atoms. The maximum atomic E-state index is 11.9. The summed E-state index contributed by atoms with van der Waals surface area (Å²) in [6.07, 6.45) is 3.80. The van der Waals surface area contributed by atoms with Crippen molar-refractivity contribution in [1.29, 1.82) is 0 Å². The summed E-state index contributed by atoms with van der Waals surface area (Å²) in [7, 11) is 0. The van der Waals surface area contributed by atoms with Gasteiger partial charge in [0, 0.05) is 16.9 Å². The molecule has 0 aliphatic heterocycles. The van der Waals surface area contributed by atoms with E-state index in [1.165, 1.54) is 0 Å². The largest absolute Gasteiger partial charge is 0.494 e. The van der Waals surface area contributed by atoms with E-state index in [1.54, 1.807) is 12.1 Å². The minimum atomic E-state index is -0.202. The molecule has 1 amide bonds. The Morgan fingerprint density at radius 3 is 2.56 bits per heavy atom. The predicted octanol–water partition coefficient (Wildman–Crippen LogP) is 3.19. The van der Waals surface area contributed by atoms with E-state index < -0.39 is 0 Å². The van der Waals surface area contributed by atoms with Crippen molar-refractivity contribution in [3.63, 3.8) is 0 Å². The maximum absolute atomic E-state index is 11.9. The molecule has 0 saturated carbocycles. The summed E-state index contributed by atoms with van der Waals surface area (Å²) in [5.41, 5.74) is 1.62. The van der Waals surface area contributed by atoms with Gasteiger partial charge in [0.05, 0.1) is 18.8 Å². The lowest BCUT2D eigenvalue weighted by Crippen LogP contribution is -2.28. The van der Waals surface area contributed by atoms with Crippen LogP contribution in [0.4, 0.5) is 0 Å². The number of ether oxygens (including phenoxy) is 2. The highest BCUT2D eigenvalue weighted by atomic mass is 79.9. The number of carbonyl (C=O) groups is 1. The van der Waals surface area contributed by atoms with Crippen molar-refractivity contribution in [2.75, 3.05) is 13.2 Å². The molecule has 2 aromatic heterocycles. The minimum Gasteiger partial charge on any atom is -0.494 e. The molecule has 0 radical (unpaired) electrons. The fourth-order valence-electron chi connectivity index (χ4n) is 2.29. The van der Waals surface area contributed by atoms with Gasteiger partial charge in [0.25, 0.3) is 5.91 Å². The number of nitrogens with one attached hydrogen (secondary N) is 1. The number of amides is 1. The fourth-order valence-corrected chi connectivity index (χ4v) is 2.64. The van der Waals surface area contributed by atoms with Crippen molar-refractivity contribution in [1.82, 2.24) is 14.7 Å². The fraction of sp³-hybridized carbons (Fsp3) is 0.222. The van der Waals surface area contributed by atoms with Crippen LogP contribution < -0.4 is 14.8 Å². The van der Waals surface area contributed by atoms with Crippen molar-refractivity contribution in [2.24, 2.45) is 0 Å². The number of fused-ring (bicyclic) bond motifs is 1. The standard InChI is InChI=1S/C18H18BrN3O3/c1-2-24-15-4-6-16(7-5-15)25-12-18(23)20-9-14-11-22-10-13(19)3-8-17(22)21-14/h3-8,10-11H,2,9,12H2,1H3,(H,20,23). The Bertz CT molecular complexity index is 862. The molecule has 25 heavy (non-hydrogen) atoms. The molecule has 0 saturated heterocycles. The first kappa shape index (κ1) is 17.3. The van der Waals surface area contributed by atoms with Crippen molar-refractivity contribution in [2.45, 2.75) is 13.5 Å². The number of aromatic nitrogens is 2. The zero-order valence-electron chi connectivity index (χ0n) is 13.7. The Morgan fingerprint density at radius 2 is 1.84 bits per heavy atom. The topological polar surface area (TPSA) is 64.9 Å². The Kier molecular flexibility index (Phi) is 5.55. The van der Waals surface area contributed by atoms with Crippen LogP contribution in [0.2, 0.25) is 0 Å². The molecule has 0 fully saturated rings. The zero-order valence-corrected chi connectivity index (χ0v) is 15.3. The normalized spacial score (nSPS) is 10.6. The van der Waals surface area contributed by atoms with E-state index in [4.69, 9.17) is 9.47 Å². The summed E-state index contributed by atoms with van der Waals surface area (Å²) < 4.78 is 13.7. The third-order valence-electron chi connectivity index (χ3n) is 3.44. The molecule has 130 valence electrons. The first-order valence-electron chi connectivity index (χ1n) is 7.89. The van der Waals surface area contributed by atoms with Gasteiger partial charge < -0.3 is 19.2 Å². The molecule has 1 aromatic carbocycles. The van der Waals surface area contributed by atoms with Crippen LogP contribution in [0.5, 0.6) is 11.5 Å². The molecule has 0 spiro atoms. The smallest absolute Gasteiger partial charge is 0.258 e. The molecule has 7 heteroatoms. The summed E-state index contributed by atoms with van der Waals surface area (Å²) in [6, 6.07) is 11.0. The maximum Gasteiger partial charge on any atom is 0.258 e. The van der Waals surface area contributed by atoms with E-state index in [0.717, 1.165) is 21.6 Å². The Labute approximate surface area is 153 Å². The molecule has 6 nitrogen and oxygen atoms in total. The number of carbonyl (C=O) groups excluding carboxylic acids is 1. The molecule has 3 rings (SSSR count). The third-order valence-corrected chi connectivity index (χ3v) is 3.91. The molecule has 1 N–H and O–H groups in total. The number of benzene rings is 1. The second-order valence-corrected chi connectivity index (χ2v) is 6.23. The van der Waals surface area contributed by atoms with Crippen LogP contribution >= 0.6 is 15.9 Å². The highest BCUT2D eigenvalue weighted by molar-refractivity contribution is 9.10. The molecular weight excluding hydrogens is 386 g/mol. The number of nitrogens with zero attached hydrogens (tertiary/aromatic N) is 2. The van der Waals surface area contributed by atoms with Crippen LogP contribution in [0, 0.1) is 0 Å². The Balaban J connectivity index is 1.48. The van der Waals surface area contributed by atoms with Gasteiger partial charge in [-0.05, 0) is 59.3 Å². The average Bonchev–Trinajstić information content (AvgIpc) is 3.01. The van der Waals surface area contributed by atoms with Gasteiger partial charge in [-0.25, -0.2) is 4.98 Å². The SMILES string of the molecule is CCOc1ccc(OCC(=O)NCc2cn3cc(Br)ccc3n2)cc1. The molecule has 0 atom stereocenters. The van der Waals surface area contributed by atoms with Gasteiger partial charge in [-0.15, -0.1) is 0 Å². The lowest BCUT2D eigenvalue weighted by atomic mass is 10.3. The van der Waals surface area contributed by atoms with Crippen molar-refractivity contribution < 1.29 is 14.3 Å². The van der Waals surface area contributed by atoms with E-state index in [0.29, 0.717) is 18.9 Å². The van der Waals surface area contributed by atoms with Crippen molar-refractivity contribution >= 4 is 27.5 Å². The monoisotopic (exact) mass is 403 g/mol. The van der Waals surface area contributed by atoms with Crippen molar-refractivity contribution in [3.05, 3.63) is 59.0 Å². The summed E-state index contributed by atoms with van der Waals surface area (Å²) in [4.78, 5) is 16.4. The van der Waals surface area contributed by atoms with E-state index in [1.807, 2.05) is 48.0 Å². The summed E-state index contributed by atoms with van der Waals surface area (Å²) in [5.74, 6) is 1.20. The van der Waals surface area contributed by atoms with Crippen LogP contribution in [-0.4, -0.2) is 28.5 Å². The zero-order chi connectivity index (χ0) is 17.6. The molecule has 2 heterocycles. The second kappa shape index (κ2) is 8.02. The number of hydrogen-bond donors (Lipinski definition) is 1. The van der Waals surface area contributed by atoms with Gasteiger partial charge in [0.2, 0.25) is 0 Å².